The lowest BCUT2D eigenvalue weighted by atomic mass is 10.0. The van der Waals surface area contributed by atoms with Gasteiger partial charge in [0.1, 0.15) is 5.75 Å². The zero-order chi connectivity index (χ0) is 10.6. The predicted octanol–water partition coefficient (Wildman–Crippen LogP) is 1.96. The van der Waals surface area contributed by atoms with Crippen molar-refractivity contribution in [2.75, 3.05) is 13.7 Å². The van der Waals surface area contributed by atoms with Gasteiger partial charge in [-0.25, -0.2) is 0 Å². The molecule has 0 fully saturated rings. The summed E-state index contributed by atoms with van der Waals surface area (Å²) in [6, 6.07) is 5.42. The number of ether oxygens (including phenoxy) is 1. The predicted molar refractivity (Wildman–Crippen MR) is 63.0 cm³/mol. The van der Waals surface area contributed by atoms with Crippen molar-refractivity contribution < 1.29 is 9.53 Å². The summed E-state index contributed by atoms with van der Waals surface area (Å²) in [6.07, 6.45) is 0.396. The zero-order valence-corrected chi connectivity index (χ0v) is 9.76. The number of Topliss-reactive ketones (excluding diaryl/α,β-unsaturated/α-hetero) is 1. The SMILES string of the molecule is COc1ccc(C(=O)CCN)c(C)c1.Cl. The number of ketones is 1. The maximum Gasteiger partial charge on any atom is 0.164 e. The highest BCUT2D eigenvalue weighted by atomic mass is 35.5. The van der Waals surface area contributed by atoms with Gasteiger partial charge in [0.25, 0.3) is 0 Å². The third-order valence-corrected chi connectivity index (χ3v) is 2.11. The summed E-state index contributed by atoms with van der Waals surface area (Å²) >= 11 is 0. The van der Waals surface area contributed by atoms with Gasteiger partial charge in [-0.15, -0.1) is 12.4 Å². The van der Waals surface area contributed by atoms with E-state index in [1.54, 1.807) is 19.2 Å². The lowest BCUT2D eigenvalue weighted by Crippen LogP contribution is -2.09. The second kappa shape index (κ2) is 6.43. The number of nitrogens with two attached hydrogens (primary N) is 1. The van der Waals surface area contributed by atoms with Gasteiger partial charge in [-0.1, -0.05) is 0 Å². The minimum atomic E-state index is 0. The smallest absolute Gasteiger partial charge is 0.164 e. The number of aryl methyl sites for hydroxylation is 1. The van der Waals surface area contributed by atoms with E-state index in [0.29, 0.717) is 13.0 Å². The first-order valence-electron chi connectivity index (χ1n) is 4.57. The van der Waals surface area contributed by atoms with Crippen molar-refractivity contribution in [3.05, 3.63) is 29.3 Å². The van der Waals surface area contributed by atoms with Crippen molar-refractivity contribution >= 4 is 18.2 Å². The Hall–Kier alpha value is -1.06. The van der Waals surface area contributed by atoms with Crippen molar-refractivity contribution in [2.24, 2.45) is 5.73 Å². The van der Waals surface area contributed by atoms with Crippen molar-refractivity contribution in [1.29, 1.82) is 0 Å². The van der Waals surface area contributed by atoms with Crippen LogP contribution < -0.4 is 10.5 Å². The molecule has 0 atom stereocenters. The van der Waals surface area contributed by atoms with E-state index >= 15 is 0 Å². The Morgan fingerprint density at radius 1 is 1.47 bits per heavy atom. The molecule has 0 aliphatic carbocycles. The van der Waals surface area contributed by atoms with Crippen molar-refractivity contribution in [3.8, 4) is 5.75 Å². The van der Waals surface area contributed by atoms with Crippen LogP contribution >= 0.6 is 12.4 Å². The van der Waals surface area contributed by atoms with Crippen molar-refractivity contribution in [3.63, 3.8) is 0 Å². The molecule has 0 radical (unpaired) electrons. The van der Waals surface area contributed by atoms with Crippen LogP contribution in [-0.4, -0.2) is 19.4 Å². The fourth-order valence-corrected chi connectivity index (χ4v) is 1.34. The van der Waals surface area contributed by atoms with Crippen LogP contribution in [0.25, 0.3) is 0 Å². The van der Waals surface area contributed by atoms with Crippen LogP contribution in [0.3, 0.4) is 0 Å². The Balaban J connectivity index is 0.00000196. The standard InChI is InChI=1S/C11H15NO2.ClH/c1-8-7-9(14-2)3-4-10(8)11(13)5-6-12;/h3-4,7H,5-6,12H2,1-2H3;1H. The van der Waals surface area contributed by atoms with Crippen LogP contribution in [0.2, 0.25) is 0 Å². The van der Waals surface area contributed by atoms with Crippen LogP contribution in [0.15, 0.2) is 18.2 Å². The molecular formula is C11H16ClNO2. The lowest BCUT2D eigenvalue weighted by molar-refractivity contribution is 0.0985. The number of rotatable bonds is 4. The normalized spacial score (nSPS) is 9.27. The maximum atomic E-state index is 11.5. The van der Waals surface area contributed by atoms with Crippen LogP contribution in [-0.2, 0) is 0 Å². The minimum absolute atomic E-state index is 0. The molecule has 0 saturated heterocycles. The van der Waals surface area contributed by atoms with Crippen LogP contribution in [0.5, 0.6) is 5.75 Å². The van der Waals surface area contributed by atoms with Gasteiger partial charge in [-0.3, -0.25) is 4.79 Å². The molecule has 2 N–H and O–H groups in total. The summed E-state index contributed by atoms with van der Waals surface area (Å²) in [5.41, 5.74) is 6.99. The molecule has 0 amide bonds. The van der Waals surface area contributed by atoms with Gasteiger partial charge in [-0.2, -0.15) is 0 Å². The van der Waals surface area contributed by atoms with Crippen molar-refractivity contribution in [1.82, 2.24) is 0 Å². The van der Waals surface area contributed by atoms with E-state index in [2.05, 4.69) is 0 Å². The summed E-state index contributed by atoms with van der Waals surface area (Å²) in [5, 5.41) is 0. The number of carbonyl (C=O) groups excluding carboxylic acids is 1. The first kappa shape index (κ1) is 13.9. The van der Waals surface area contributed by atoms with Gasteiger partial charge < -0.3 is 10.5 Å². The Morgan fingerprint density at radius 2 is 2.13 bits per heavy atom. The highest BCUT2D eigenvalue weighted by molar-refractivity contribution is 5.97. The summed E-state index contributed by atoms with van der Waals surface area (Å²) in [4.78, 5) is 11.5. The number of hydrogen-bond acceptors (Lipinski definition) is 3. The third-order valence-electron chi connectivity index (χ3n) is 2.11. The van der Waals surface area contributed by atoms with E-state index in [-0.39, 0.29) is 18.2 Å². The lowest BCUT2D eigenvalue weighted by Gasteiger charge is -2.06. The van der Waals surface area contributed by atoms with Gasteiger partial charge in [-0.05, 0) is 37.2 Å². The van der Waals surface area contributed by atoms with E-state index in [1.165, 1.54) is 0 Å². The summed E-state index contributed by atoms with van der Waals surface area (Å²) in [5.74, 6) is 0.861. The average molecular weight is 230 g/mol. The van der Waals surface area contributed by atoms with E-state index < -0.39 is 0 Å². The Bertz CT molecular complexity index is 339. The highest BCUT2D eigenvalue weighted by Gasteiger charge is 2.08. The molecule has 1 aromatic rings. The Kier molecular flexibility index (Phi) is 5.97. The summed E-state index contributed by atoms with van der Waals surface area (Å²) in [6.45, 7) is 2.29. The van der Waals surface area contributed by atoms with Crippen LogP contribution in [0.1, 0.15) is 22.3 Å². The van der Waals surface area contributed by atoms with E-state index in [1.807, 2.05) is 13.0 Å². The first-order chi connectivity index (χ1) is 6.69. The monoisotopic (exact) mass is 229 g/mol. The fourth-order valence-electron chi connectivity index (χ4n) is 1.34. The van der Waals surface area contributed by atoms with Gasteiger partial charge in [0.05, 0.1) is 7.11 Å². The molecule has 15 heavy (non-hydrogen) atoms. The average Bonchev–Trinajstić information content (AvgIpc) is 2.17. The number of carbonyl (C=O) groups is 1. The highest BCUT2D eigenvalue weighted by Crippen LogP contribution is 2.17. The quantitative estimate of drug-likeness (QED) is 0.803. The Morgan fingerprint density at radius 3 is 2.60 bits per heavy atom. The summed E-state index contributed by atoms with van der Waals surface area (Å²) in [7, 11) is 1.61. The second-order valence-corrected chi connectivity index (χ2v) is 3.14. The molecule has 1 aromatic carbocycles. The molecule has 84 valence electrons. The molecule has 0 saturated carbocycles. The minimum Gasteiger partial charge on any atom is -0.497 e. The number of hydrogen-bond donors (Lipinski definition) is 1. The summed E-state index contributed by atoms with van der Waals surface area (Å²) < 4.78 is 5.05. The largest absolute Gasteiger partial charge is 0.497 e. The third kappa shape index (κ3) is 3.53. The van der Waals surface area contributed by atoms with Gasteiger partial charge in [0.2, 0.25) is 0 Å². The number of halogens is 1. The first-order valence-corrected chi connectivity index (χ1v) is 4.57. The molecule has 0 unspecified atom stereocenters. The molecule has 0 aliphatic rings. The molecule has 0 heterocycles. The molecule has 3 nitrogen and oxygen atoms in total. The topological polar surface area (TPSA) is 52.3 Å². The van der Waals surface area contributed by atoms with Crippen LogP contribution in [0, 0.1) is 6.92 Å². The van der Waals surface area contributed by atoms with Gasteiger partial charge >= 0.3 is 0 Å². The molecule has 1 rings (SSSR count). The van der Waals surface area contributed by atoms with E-state index in [0.717, 1.165) is 16.9 Å². The molecule has 0 aliphatic heterocycles. The zero-order valence-electron chi connectivity index (χ0n) is 8.95. The fraction of sp³-hybridized carbons (Fsp3) is 0.364. The van der Waals surface area contributed by atoms with E-state index in [9.17, 15) is 4.79 Å². The Labute approximate surface area is 96.0 Å². The molecular weight excluding hydrogens is 214 g/mol. The van der Waals surface area contributed by atoms with Gasteiger partial charge in [0.15, 0.2) is 5.78 Å². The molecule has 4 heteroatoms. The van der Waals surface area contributed by atoms with Crippen molar-refractivity contribution in [2.45, 2.75) is 13.3 Å². The van der Waals surface area contributed by atoms with E-state index in [4.69, 9.17) is 10.5 Å². The second-order valence-electron chi connectivity index (χ2n) is 3.14. The molecule has 0 bridgehead atoms. The molecule has 0 aromatic heterocycles. The number of methoxy groups -OCH3 is 1. The van der Waals surface area contributed by atoms with Gasteiger partial charge in [0, 0.05) is 12.0 Å². The number of benzene rings is 1. The van der Waals surface area contributed by atoms with Crippen LogP contribution in [0.4, 0.5) is 0 Å². The molecule has 0 spiro atoms. The maximum absolute atomic E-state index is 11.5.